The maximum Gasteiger partial charge on any atom is 0.303 e. The van der Waals surface area contributed by atoms with Gasteiger partial charge in [-0.05, 0) is 31.6 Å². The van der Waals surface area contributed by atoms with Gasteiger partial charge in [-0.25, -0.2) is 0 Å². The molecule has 0 fully saturated rings. The lowest BCUT2D eigenvalue weighted by atomic mass is 10.0. The van der Waals surface area contributed by atoms with Gasteiger partial charge in [0.1, 0.15) is 0 Å². The monoisotopic (exact) mass is 420 g/mol. The van der Waals surface area contributed by atoms with E-state index in [1.807, 2.05) is 0 Å². The molecule has 0 saturated heterocycles. The fraction of sp³-hybridized carbons (Fsp3) is 0.909. The van der Waals surface area contributed by atoms with E-state index in [-0.39, 0.29) is 12.8 Å². The highest BCUT2D eigenvalue weighted by molar-refractivity contribution is 5.67. The average Bonchev–Trinajstić information content (AvgIpc) is 2.69. The van der Waals surface area contributed by atoms with Gasteiger partial charge in [0.15, 0.2) is 0 Å². The van der Waals surface area contributed by atoms with E-state index < -0.39 is 11.9 Å². The number of rotatable bonds is 20. The Labute approximate surface area is 177 Å². The number of unbranched alkanes of at least 4 members (excludes halogenated alkanes) is 3. The maximum absolute atomic E-state index is 9.90. The lowest BCUT2D eigenvalue weighted by Crippen LogP contribution is -2.14. The Kier molecular flexibility index (Phi) is 25.7. The molecule has 1 unspecified atom stereocenters. The topological polar surface area (TPSA) is 102 Å². The number of carbonyl (C=O) groups is 2. The van der Waals surface area contributed by atoms with Crippen molar-refractivity contribution < 1.29 is 34.0 Å². The number of hydrogen-bond donors (Lipinski definition) is 2. The van der Waals surface area contributed by atoms with Gasteiger partial charge in [-0.3, -0.25) is 9.59 Å². The molecule has 2 N–H and O–H groups in total. The number of ether oxygens (including phenoxy) is 3. The van der Waals surface area contributed by atoms with Crippen LogP contribution in [0.2, 0.25) is 0 Å². The molecule has 1 atom stereocenters. The van der Waals surface area contributed by atoms with Crippen molar-refractivity contribution in [2.45, 2.75) is 85.0 Å². The van der Waals surface area contributed by atoms with E-state index in [2.05, 4.69) is 20.8 Å². The third kappa shape index (κ3) is 29.1. The summed E-state index contributed by atoms with van der Waals surface area (Å²) in [5.41, 5.74) is 0. The van der Waals surface area contributed by atoms with Gasteiger partial charge in [-0.2, -0.15) is 0 Å². The Morgan fingerprint density at radius 1 is 0.690 bits per heavy atom. The third-order valence-electron chi connectivity index (χ3n) is 4.31. The molecular formula is C22H44O7. The van der Waals surface area contributed by atoms with Crippen molar-refractivity contribution in [3.63, 3.8) is 0 Å². The highest BCUT2D eigenvalue weighted by Gasteiger charge is 2.05. The summed E-state index contributed by atoms with van der Waals surface area (Å²) in [5.74, 6) is -1.02. The van der Waals surface area contributed by atoms with E-state index in [4.69, 9.17) is 24.4 Å². The second kappa shape index (κ2) is 24.9. The van der Waals surface area contributed by atoms with Gasteiger partial charge in [-0.15, -0.1) is 0 Å². The predicted octanol–water partition coefficient (Wildman–Crippen LogP) is 4.77. The van der Waals surface area contributed by atoms with E-state index >= 15 is 0 Å². The van der Waals surface area contributed by atoms with Crippen molar-refractivity contribution in [1.82, 2.24) is 0 Å². The minimum absolute atomic E-state index is 0.0628. The van der Waals surface area contributed by atoms with Crippen molar-refractivity contribution in [2.24, 2.45) is 5.92 Å². The summed E-state index contributed by atoms with van der Waals surface area (Å²) in [5, 5.41) is 16.3. The first kappa shape index (κ1) is 30.0. The van der Waals surface area contributed by atoms with Crippen molar-refractivity contribution >= 4 is 11.9 Å². The molecule has 0 heterocycles. The number of hydrogen-bond acceptors (Lipinski definition) is 5. The lowest BCUT2D eigenvalue weighted by Gasteiger charge is -2.14. The van der Waals surface area contributed by atoms with Crippen LogP contribution >= 0.6 is 0 Å². The second-order valence-corrected chi connectivity index (χ2v) is 7.06. The quantitative estimate of drug-likeness (QED) is 0.274. The summed E-state index contributed by atoms with van der Waals surface area (Å²) in [6.45, 7) is 11.2. The van der Waals surface area contributed by atoms with Crippen LogP contribution in [0.4, 0.5) is 0 Å². The van der Waals surface area contributed by atoms with Crippen molar-refractivity contribution in [1.29, 1.82) is 0 Å². The van der Waals surface area contributed by atoms with E-state index in [0.717, 1.165) is 25.6 Å². The fourth-order valence-corrected chi connectivity index (χ4v) is 2.39. The summed E-state index contributed by atoms with van der Waals surface area (Å²) in [6.07, 6.45) is 8.44. The van der Waals surface area contributed by atoms with Crippen molar-refractivity contribution in [3.8, 4) is 0 Å². The van der Waals surface area contributed by atoms with Crippen LogP contribution in [0.1, 0.15) is 85.0 Å². The molecule has 174 valence electrons. The Morgan fingerprint density at radius 3 is 1.62 bits per heavy atom. The van der Waals surface area contributed by atoms with Crippen LogP contribution in [-0.2, 0) is 23.8 Å². The molecule has 0 bridgehead atoms. The van der Waals surface area contributed by atoms with Gasteiger partial charge in [0.05, 0.1) is 26.4 Å². The molecule has 0 aromatic rings. The minimum Gasteiger partial charge on any atom is -0.481 e. The first-order valence-electron chi connectivity index (χ1n) is 11.1. The van der Waals surface area contributed by atoms with Gasteiger partial charge in [0.25, 0.3) is 0 Å². The van der Waals surface area contributed by atoms with Gasteiger partial charge in [-0.1, -0.05) is 46.5 Å². The molecule has 0 radical (unpaired) electrons. The maximum atomic E-state index is 9.90. The largest absolute Gasteiger partial charge is 0.481 e. The van der Waals surface area contributed by atoms with Crippen molar-refractivity contribution in [2.75, 3.05) is 39.6 Å². The normalized spacial score (nSPS) is 11.6. The Morgan fingerprint density at radius 2 is 1.17 bits per heavy atom. The molecule has 7 heteroatoms. The summed E-state index contributed by atoms with van der Waals surface area (Å²) in [4.78, 5) is 19.8. The van der Waals surface area contributed by atoms with Crippen LogP contribution < -0.4 is 0 Å². The predicted molar refractivity (Wildman–Crippen MR) is 114 cm³/mol. The molecule has 29 heavy (non-hydrogen) atoms. The molecule has 7 nitrogen and oxygen atoms in total. The molecule has 0 aromatic carbocycles. The fourth-order valence-electron chi connectivity index (χ4n) is 2.39. The smallest absolute Gasteiger partial charge is 0.303 e. The first-order valence-corrected chi connectivity index (χ1v) is 11.1. The van der Waals surface area contributed by atoms with Gasteiger partial charge in [0.2, 0.25) is 0 Å². The van der Waals surface area contributed by atoms with E-state index in [1.54, 1.807) is 0 Å². The van der Waals surface area contributed by atoms with Crippen LogP contribution in [-0.4, -0.2) is 61.8 Å². The Hall–Kier alpha value is -1.18. The summed E-state index contributed by atoms with van der Waals surface area (Å²) in [6, 6.07) is 0. The number of aliphatic carboxylic acids is 2. The lowest BCUT2D eigenvalue weighted by molar-refractivity contribution is -0.139. The molecule has 0 aliphatic rings. The van der Waals surface area contributed by atoms with Crippen molar-refractivity contribution in [3.05, 3.63) is 0 Å². The summed E-state index contributed by atoms with van der Waals surface area (Å²) < 4.78 is 16.5. The molecule has 0 amide bonds. The standard InChI is InChI=1S/C16H34O3.C6H10O4/c1-4-7-9-16(6-3)15-19-14-13-18-12-11-17-10-8-5-2;7-5(8)3-1-2-4-6(9)10/h16H,4-15H2,1-3H3;1-4H2,(H,7,8)(H,9,10). The molecule has 0 saturated carbocycles. The van der Waals surface area contributed by atoms with E-state index in [0.29, 0.717) is 39.3 Å². The zero-order valence-corrected chi connectivity index (χ0v) is 18.8. The summed E-state index contributed by atoms with van der Waals surface area (Å²) in [7, 11) is 0. The molecule has 0 rings (SSSR count). The van der Waals surface area contributed by atoms with Crippen LogP contribution in [0.15, 0.2) is 0 Å². The number of carboxylic acid groups (broad SMARTS) is 2. The minimum atomic E-state index is -0.870. The average molecular weight is 421 g/mol. The van der Waals surface area contributed by atoms with Crippen LogP contribution in [0, 0.1) is 5.92 Å². The van der Waals surface area contributed by atoms with Crippen LogP contribution in [0.5, 0.6) is 0 Å². The third-order valence-corrected chi connectivity index (χ3v) is 4.31. The van der Waals surface area contributed by atoms with Crippen LogP contribution in [0.3, 0.4) is 0 Å². The Bertz CT molecular complexity index is 345. The SMILES string of the molecule is CCCCOCCOCCOCC(CC)CCCC.O=C(O)CCCCC(=O)O. The van der Waals surface area contributed by atoms with Gasteiger partial charge < -0.3 is 24.4 Å². The van der Waals surface area contributed by atoms with E-state index in [1.165, 1.54) is 32.1 Å². The molecule has 0 aromatic heterocycles. The number of carboxylic acids is 2. The highest BCUT2D eigenvalue weighted by atomic mass is 16.5. The van der Waals surface area contributed by atoms with Gasteiger partial charge in [0, 0.05) is 26.1 Å². The highest BCUT2D eigenvalue weighted by Crippen LogP contribution is 2.12. The zero-order chi connectivity index (χ0) is 22.2. The Balaban J connectivity index is 0. The van der Waals surface area contributed by atoms with E-state index in [9.17, 15) is 9.59 Å². The van der Waals surface area contributed by atoms with Crippen LogP contribution in [0.25, 0.3) is 0 Å². The second-order valence-electron chi connectivity index (χ2n) is 7.06. The zero-order valence-electron chi connectivity index (χ0n) is 18.8. The molecule has 0 spiro atoms. The molecule has 0 aliphatic carbocycles. The first-order chi connectivity index (χ1) is 14.0. The van der Waals surface area contributed by atoms with Gasteiger partial charge >= 0.3 is 11.9 Å². The molecule has 0 aliphatic heterocycles. The summed E-state index contributed by atoms with van der Waals surface area (Å²) >= 11 is 0. The molecular weight excluding hydrogens is 376 g/mol.